The van der Waals surface area contributed by atoms with Crippen molar-refractivity contribution >= 4 is 40.2 Å². The number of hydrogen-bond donors (Lipinski definition) is 2. The number of aromatic nitrogens is 1. The Morgan fingerprint density at radius 1 is 1.05 bits per heavy atom. The Bertz CT molecular complexity index is 623. The number of amides is 2. The third-order valence-corrected chi connectivity index (χ3v) is 3.00. The zero-order valence-corrected chi connectivity index (χ0v) is 13.4. The minimum atomic E-state index is -0.363. The van der Waals surface area contributed by atoms with E-state index in [0.717, 1.165) is 4.47 Å². The van der Waals surface area contributed by atoms with Gasteiger partial charge in [-0.15, -0.1) is 12.4 Å². The number of carbonyl (C=O) groups excluding carboxylic acids is 2. The number of carbonyl (C=O) groups is 2. The topological polar surface area (TPSA) is 62.1 Å². The number of halogens is 2. The van der Waals surface area contributed by atoms with Gasteiger partial charge in [-0.2, -0.15) is 4.57 Å². The van der Waals surface area contributed by atoms with Gasteiger partial charge in [0.25, 0.3) is 5.91 Å². The Morgan fingerprint density at radius 3 is 2.43 bits per heavy atom. The van der Waals surface area contributed by atoms with Gasteiger partial charge >= 0.3 is 5.91 Å². The van der Waals surface area contributed by atoms with Gasteiger partial charge in [0.15, 0.2) is 12.4 Å². The molecule has 2 rings (SSSR count). The van der Waals surface area contributed by atoms with Gasteiger partial charge in [-0.3, -0.25) is 20.4 Å². The fourth-order valence-corrected chi connectivity index (χ4v) is 1.97. The van der Waals surface area contributed by atoms with Crippen LogP contribution >= 0.6 is 28.3 Å². The van der Waals surface area contributed by atoms with E-state index in [-0.39, 0.29) is 30.8 Å². The Hall–Kier alpha value is -1.92. The molecule has 1 aromatic carbocycles. The first-order chi connectivity index (χ1) is 9.65. The highest BCUT2D eigenvalue weighted by atomic mass is 79.9. The molecule has 2 aromatic rings. The van der Waals surface area contributed by atoms with E-state index in [4.69, 9.17) is 0 Å². The highest BCUT2D eigenvalue weighted by Crippen LogP contribution is 2.11. The number of nitrogens with one attached hydrogen (secondary N) is 2. The lowest BCUT2D eigenvalue weighted by molar-refractivity contribution is -0.684. The molecule has 1 aromatic heterocycles. The second kappa shape index (κ2) is 8.39. The maximum absolute atomic E-state index is 11.8. The molecule has 0 unspecified atom stereocenters. The van der Waals surface area contributed by atoms with E-state index in [0.29, 0.717) is 5.56 Å². The average molecular weight is 372 g/mol. The quantitative estimate of drug-likeness (QED) is 0.636. The van der Waals surface area contributed by atoms with Crippen molar-refractivity contribution in [1.29, 1.82) is 0 Å². The summed E-state index contributed by atoms with van der Waals surface area (Å²) in [6.45, 7) is 0.138. The molecule has 0 aliphatic heterocycles. The molecular formula is C14H14BrClN3O2+. The van der Waals surface area contributed by atoms with Crippen molar-refractivity contribution in [2.45, 2.75) is 6.54 Å². The first-order valence-corrected chi connectivity index (χ1v) is 6.73. The van der Waals surface area contributed by atoms with Crippen molar-refractivity contribution in [3.8, 4) is 0 Å². The highest BCUT2D eigenvalue weighted by molar-refractivity contribution is 9.10. The van der Waals surface area contributed by atoms with Crippen LogP contribution in [0, 0.1) is 0 Å². The van der Waals surface area contributed by atoms with E-state index in [1.807, 2.05) is 24.3 Å². The van der Waals surface area contributed by atoms with E-state index in [1.165, 1.54) is 0 Å². The molecule has 5 nitrogen and oxygen atoms in total. The molecule has 0 aliphatic rings. The summed E-state index contributed by atoms with van der Waals surface area (Å²) in [6.07, 6.45) is 3.55. The molecule has 0 fully saturated rings. The second-order valence-electron chi connectivity index (χ2n) is 4.06. The van der Waals surface area contributed by atoms with E-state index in [2.05, 4.69) is 26.8 Å². The molecule has 0 radical (unpaired) electrons. The van der Waals surface area contributed by atoms with Crippen LogP contribution in [0.4, 0.5) is 0 Å². The number of hydrazine groups is 1. The van der Waals surface area contributed by atoms with Crippen LogP contribution in [0.2, 0.25) is 0 Å². The largest absolute Gasteiger partial charge is 0.304 e. The van der Waals surface area contributed by atoms with Gasteiger partial charge in [0.2, 0.25) is 6.54 Å². The molecule has 110 valence electrons. The molecule has 2 N–H and O–H groups in total. The lowest BCUT2D eigenvalue weighted by Gasteiger charge is -2.06. The molecule has 0 saturated heterocycles. The van der Waals surface area contributed by atoms with Crippen LogP contribution in [0.1, 0.15) is 10.4 Å². The summed E-state index contributed by atoms with van der Waals surface area (Å²) in [6, 6.07) is 12.4. The molecule has 1 heterocycles. The van der Waals surface area contributed by atoms with Gasteiger partial charge in [-0.1, -0.05) is 28.1 Å². The van der Waals surface area contributed by atoms with E-state index in [1.54, 1.807) is 35.2 Å². The Labute approximate surface area is 136 Å². The van der Waals surface area contributed by atoms with Crippen molar-refractivity contribution in [3.63, 3.8) is 0 Å². The van der Waals surface area contributed by atoms with Crippen LogP contribution in [-0.2, 0) is 11.3 Å². The van der Waals surface area contributed by atoms with Gasteiger partial charge in [0.05, 0.1) is 0 Å². The minimum absolute atomic E-state index is 0. The summed E-state index contributed by atoms with van der Waals surface area (Å²) in [5, 5.41) is 0. The number of nitrogens with zero attached hydrogens (tertiary/aromatic N) is 1. The first-order valence-electron chi connectivity index (χ1n) is 5.94. The summed E-state index contributed by atoms with van der Waals surface area (Å²) in [4.78, 5) is 23.5. The lowest BCUT2D eigenvalue weighted by Crippen LogP contribution is -2.48. The third-order valence-electron chi connectivity index (χ3n) is 2.51. The predicted molar refractivity (Wildman–Crippen MR) is 83.6 cm³/mol. The summed E-state index contributed by atoms with van der Waals surface area (Å²) in [5.74, 6) is -0.665. The first kappa shape index (κ1) is 17.1. The molecule has 0 bridgehead atoms. The van der Waals surface area contributed by atoms with E-state index >= 15 is 0 Å². The Balaban J connectivity index is 0.00000220. The zero-order chi connectivity index (χ0) is 14.4. The summed E-state index contributed by atoms with van der Waals surface area (Å²) < 4.78 is 2.51. The molecule has 21 heavy (non-hydrogen) atoms. The summed E-state index contributed by atoms with van der Waals surface area (Å²) in [5.41, 5.74) is 5.21. The smallest absolute Gasteiger partial charge is 0.267 e. The second-order valence-corrected chi connectivity index (χ2v) is 4.98. The average Bonchev–Trinajstić information content (AvgIpc) is 2.46. The van der Waals surface area contributed by atoms with Gasteiger partial charge < -0.3 is 0 Å². The van der Waals surface area contributed by atoms with Gasteiger partial charge in [0, 0.05) is 22.2 Å². The Morgan fingerprint density at radius 2 is 1.76 bits per heavy atom. The van der Waals surface area contributed by atoms with E-state index in [9.17, 15) is 9.59 Å². The molecule has 0 aliphatic carbocycles. The molecule has 7 heteroatoms. The maximum atomic E-state index is 11.8. The standard InChI is InChI=1S/C14H12BrN3O2.ClH/c15-12-6-4-5-11(9-12)14(20)17-16-13(19)10-18-7-2-1-3-8-18;/h1-9H,10H2,(H-,16,17,19,20);1H/p+1. The van der Waals surface area contributed by atoms with Crippen molar-refractivity contribution in [2.75, 3.05) is 0 Å². The number of pyridine rings is 1. The number of hydrogen-bond acceptors (Lipinski definition) is 2. The van der Waals surface area contributed by atoms with E-state index < -0.39 is 0 Å². The van der Waals surface area contributed by atoms with Crippen molar-refractivity contribution in [3.05, 3.63) is 64.9 Å². The molecule has 2 amide bonds. The maximum Gasteiger partial charge on any atom is 0.304 e. The summed E-state index contributed by atoms with van der Waals surface area (Å²) in [7, 11) is 0. The summed E-state index contributed by atoms with van der Waals surface area (Å²) >= 11 is 3.28. The molecular weight excluding hydrogens is 358 g/mol. The number of rotatable bonds is 3. The molecule has 0 spiro atoms. The monoisotopic (exact) mass is 370 g/mol. The SMILES string of the molecule is Cl.O=C(C[n+]1ccccc1)NNC(=O)c1cccc(Br)c1. The van der Waals surface area contributed by atoms with Gasteiger partial charge in [0.1, 0.15) is 0 Å². The molecule has 0 saturated carbocycles. The minimum Gasteiger partial charge on any atom is -0.267 e. The molecule has 0 atom stereocenters. The van der Waals surface area contributed by atoms with Crippen LogP contribution in [0.25, 0.3) is 0 Å². The fourth-order valence-electron chi connectivity index (χ4n) is 1.57. The Kier molecular flexibility index (Phi) is 6.84. The van der Waals surface area contributed by atoms with Crippen LogP contribution < -0.4 is 15.4 Å². The third kappa shape index (κ3) is 5.53. The fraction of sp³-hybridized carbons (Fsp3) is 0.0714. The van der Waals surface area contributed by atoms with Crippen LogP contribution in [0.5, 0.6) is 0 Å². The van der Waals surface area contributed by atoms with Crippen LogP contribution in [0.3, 0.4) is 0 Å². The van der Waals surface area contributed by atoms with Crippen molar-refractivity contribution < 1.29 is 14.2 Å². The normalized spacial score (nSPS) is 9.38. The van der Waals surface area contributed by atoms with Crippen molar-refractivity contribution in [2.24, 2.45) is 0 Å². The lowest BCUT2D eigenvalue weighted by atomic mass is 10.2. The van der Waals surface area contributed by atoms with Crippen LogP contribution in [0.15, 0.2) is 59.3 Å². The van der Waals surface area contributed by atoms with Gasteiger partial charge in [-0.25, -0.2) is 0 Å². The number of benzene rings is 1. The highest BCUT2D eigenvalue weighted by Gasteiger charge is 2.10. The van der Waals surface area contributed by atoms with Gasteiger partial charge in [-0.05, 0) is 18.2 Å². The predicted octanol–water partition coefficient (Wildman–Crippen LogP) is 1.62. The van der Waals surface area contributed by atoms with Crippen LogP contribution in [-0.4, -0.2) is 11.8 Å². The zero-order valence-electron chi connectivity index (χ0n) is 11.0. The van der Waals surface area contributed by atoms with Crippen molar-refractivity contribution in [1.82, 2.24) is 10.9 Å².